The van der Waals surface area contributed by atoms with Gasteiger partial charge in [0.25, 0.3) is 0 Å². The fraction of sp³-hybridized carbons (Fsp3) is 0.176. The predicted octanol–water partition coefficient (Wildman–Crippen LogP) is 3.00. The second kappa shape index (κ2) is 8.39. The summed E-state index contributed by atoms with van der Waals surface area (Å²) in [5, 5.41) is 16.1. The molecule has 0 spiro atoms. The number of carbonyl (C=O) groups is 1. The molecule has 7 nitrogen and oxygen atoms in total. The maximum absolute atomic E-state index is 11.8. The van der Waals surface area contributed by atoms with E-state index in [-0.39, 0.29) is 0 Å². The van der Waals surface area contributed by atoms with Crippen LogP contribution in [0.25, 0.3) is 0 Å². The van der Waals surface area contributed by atoms with Gasteiger partial charge in [-0.15, -0.1) is 0 Å². The number of halogens is 1. The number of methoxy groups -OCH3 is 2. The second-order valence-corrected chi connectivity index (χ2v) is 5.90. The molecular formula is C17H18BrN3O4. The molecule has 0 fully saturated rings. The molecule has 25 heavy (non-hydrogen) atoms. The van der Waals surface area contributed by atoms with Gasteiger partial charge in [0.05, 0.1) is 20.4 Å². The molecule has 0 aliphatic heterocycles. The standard InChI is InChI=1S/C17H18BrN3O4/c1-24-14-7-12(13(18)8-15(14)25-2)16(17(22)23)21-11-5-3-10(4-6-11)9-20-19/h3-9,16,21H,19H2,1-2H3,(H,22,23). The van der Waals surface area contributed by atoms with Gasteiger partial charge in [0, 0.05) is 15.7 Å². The predicted molar refractivity (Wildman–Crippen MR) is 99.5 cm³/mol. The summed E-state index contributed by atoms with van der Waals surface area (Å²) in [5.74, 6) is 5.04. The number of aliphatic carboxylic acids is 1. The Morgan fingerprint density at radius 1 is 1.24 bits per heavy atom. The van der Waals surface area contributed by atoms with Crippen molar-refractivity contribution in [3.63, 3.8) is 0 Å². The van der Waals surface area contributed by atoms with Crippen LogP contribution >= 0.6 is 15.9 Å². The van der Waals surface area contributed by atoms with E-state index in [2.05, 4.69) is 26.3 Å². The Morgan fingerprint density at radius 2 is 1.84 bits per heavy atom. The van der Waals surface area contributed by atoms with Gasteiger partial charge in [-0.1, -0.05) is 28.1 Å². The molecule has 0 bridgehead atoms. The van der Waals surface area contributed by atoms with Crippen molar-refractivity contribution >= 4 is 33.8 Å². The number of anilines is 1. The summed E-state index contributed by atoms with van der Waals surface area (Å²) in [7, 11) is 3.01. The Hall–Kier alpha value is -2.74. The molecule has 132 valence electrons. The molecule has 0 radical (unpaired) electrons. The van der Waals surface area contributed by atoms with Gasteiger partial charge in [0.1, 0.15) is 0 Å². The average molecular weight is 408 g/mol. The zero-order chi connectivity index (χ0) is 18.4. The highest BCUT2D eigenvalue weighted by Gasteiger charge is 2.24. The van der Waals surface area contributed by atoms with Crippen LogP contribution in [0.4, 0.5) is 5.69 Å². The van der Waals surface area contributed by atoms with Crippen LogP contribution in [-0.4, -0.2) is 31.5 Å². The number of nitrogens with one attached hydrogen (secondary N) is 1. The van der Waals surface area contributed by atoms with Gasteiger partial charge in [-0.2, -0.15) is 5.10 Å². The Bertz CT molecular complexity index is 778. The number of carboxylic acids is 1. The van der Waals surface area contributed by atoms with Crippen LogP contribution in [0.15, 0.2) is 46.0 Å². The van der Waals surface area contributed by atoms with Gasteiger partial charge < -0.3 is 25.7 Å². The summed E-state index contributed by atoms with van der Waals surface area (Å²) < 4.78 is 11.1. The van der Waals surface area contributed by atoms with Crippen LogP contribution in [0.2, 0.25) is 0 Å². The third-order valence-electron chi connectivity index (χ3n) is 3.51. The molecule has 0 aliphatic carbocycles. The van der Waals surface area contributed by atoms with E-state index in [1.165, 1.54) is 20.4 Å². The van der Waals surface area contributed by atoms with Crippen molar-refractivity contribution in [3.05, 3.63) is 52.0 Å². The molecule has 0 saturated heterocycles. The molecular weight excluding hydrogens is 390 g/mol. The first-order valence-corrected chi connectivity index (χ1v) is 8.03. The second-order valence-electron chi connectivity index (χ2n) is 5.04. The van der Waals surface area contributed by atoms with Gasteiger partial charge in [0.2, 0.25) is 0 Å². The molecule has 0 amide bonds. The van der Waals surface area contributed by atoms with Crippen LogP contribution in [-0.2, 0) is 4.79 Å². The van der Waals surface area contributed by atoms with E-state index in [0.29, 0.717) is 27.2 Å². The van der Waals surface area contributed by atoms with Crippen molar-refractivity contribution in [1.29, 1.82) is 0 Å². The van der Waals surface area contributed by atoms with E-state index in [1.54, 1.807) is 36.4 Å². The quantitative estimate of drug-likeness (QED) is 0.370. The first-order valence-electron chi connectivity index (χ1n) is 7.24. The van der Waals surface area contributed by atoms with E-state index in [1.807, 2.05) is 0 Å². The highest BCUT2D eigenvalue weighted by atomic mass is 79.9. The number of hydrazone groups is 1. The zero-order valence-corrected chi connectivity index (χ0v) is 15.3. The van der Waals surface area contributed by atoms with Crippen molar-refractivity contribution in [2.24, 2.45) is 10.9 Å². The molecule has 2 aromatic carbocycles. The highest BCUT2D eigenvalue weighted by Crippen LogP contribution is 2.37. The van der Waals surface area contributed by atoms with Crippen LogP contribution in [0.1, 0.15) is 17.2 Å². The van der Waals surface area contributed by atoms with Crippen LogP contribution in [0.3, 0.4) is 0 Å². The number of benzene rings is 2. The number of rotatable bonds is 7. The zero-order valence-electron chi connectivity index (χ0n) is 13.7. The summed E-state index contributed by atoms with van der Waals surface area (Å²) in [5.41, 5.74) is 1.97. The normalized spacial score (nSPS) is 12.0. The fourth-order valence-corrected chi connectivity index (χ4v) is 2.83. The number of nitrogens with zero attached hydrogens (tertiary/aromatic N) is 1. The first kappa shape index (κ1) is 18.6. The SMILES string of the molecule is COc1cc(Br)c(C(Nc2ccc(C=NN)cc2)C(=O)O)cc1OC. The van der Waals surface area contributed by atoms with E-state index < -0.39 is 12.0 Å². The summed E-state index contributed by atoms with van der Waals surface area (Å²) in [6.45, 7) is 0. The van der Waals surface area contributed by atoms with E-state index in [0.717, 1.165) is 5.56 Å². The molecule has 2 rings (SSSR count). The average Bonchev–Trinajstić information content (AvgIpc) is 2.61. The maximum atomic E-state index is 11.8. The van der Waals surface area contributed by atoms with Crippen molar-refractivity contribution in [3.8, 4) is 11.5 Å². The van der Waals surface area contributed by atoms with Crippen LogP contribution in [0.5, 0.6) is 11.5 Å². The van der Waals surface area contributed by atoms with Gasteiger partial charge >= 0.3 is 5.97 Å². The third-order valence-corrected chi connectivity index (χ3v) is 4.19. The molecule has 1 atom stereocenters. The Kier molecular flexibility index (Phi) is 6.24. The summed E-state index contributed by atoms with van der Waals surface area (Å²) in [6.07, 6.45) is 1.50. The lowest BCUT2D eigenvalue weighted by atomic mass is 10.1. The van der Waals surface area contributed by atoms with Crippen molar-refractivity contribution in [1.82, 2.24) is 0 Å². The lowest BCUT2D eigenvalue weighted by molar-refractivity contribution is -0.138. The van der Waals surface area contributed by atoms with E-state index in [4.69, 9.17) is 15.3 Å². The number of ether oxygens (including phenoxy) is 2. The van der Waals surface area contributed by atoms with Gasteiger partial charge in [-0.25, -0.2) is 4.79 Å². The number of hydrogen-bond acceptors (Lipinski definition) is 6. The smallest absolute Gasteiger partial charge is 0.330 e. The van der Waals surface area contributed by atoms with Gasteiger partial charge in [0.15, 0.2) is 17.5 Å². The molecule has 0 saturated carbocycles. The molecule has 0 aromatic heterocycles. The minimum Gasteiger partial charge on any atom is -0.493 e. The van der Waals surface area contributed by atoms with Crippen molar-refractivity contribution in [2.75, 3.05) is 19.5 Å². The molecule has 8 heteroatoms. The number of nitrogens with two attached hydrogens (primary N) is 1. The third kappa shape index (κ3) is 4.42. The molecule has 2 aromatic rings. The molecule has 4 N–H and O–H groups in total. The summed E-state index contributed by atoms with van der Waals surface area (Å²) in [4.78, 5) is 11.8. The Balaban J connectivity index is 2.36. The lowest BCUT2D eigenvalue weighted by Crippen LogP contribution is -2.21. The Morgan fingerprint density at radius 3 is 2.36 bits per heavy atom. The van der Waals surface area contributed by atoms with Crippen LogP contribution < -0.4 is 20.6 Å². The molecule has 0 aliphatic rings. The topological polar surface area (TPSA) is 106 Å². The molecule has 1 unspecified atom stereocenters. The van der Waals surface area contributed by atoms with E-state index >= 15 is 0 Å². The lowest BCUT2D eigenvalue weighted by Gasteiger charge is -2.19. The monoisotopic (exact) mass is 407 g/mol. The maximum Gasteiger partial charge on any atom is 0.330 e. The summed E-state index contributed by atoms with van der Waals surface area (Å²) in [6, 6.07) is 9.38. The van der Waals surface area contributed by atoms with E-state index in [9.17, 15) is 9.90 Å². The number of hydrogen-bond donors (Lipinski definition) is 3. The van der Waals surface area contributed by atoms with Crippen LogP contribution in [0, 0.1) is 0 Å². The number of carboxylic acid groups (broad SMARTS) is 1. The largest absolute Gasteiger partial charge is 0.493 e. The van der Waals surface area contributed by atoms with Gasteiger partial charge in [-0.3, -0.25) is 0 Å². The molecule has 0 heterocycles. The van der Waals surface area contributed by atoms with Crippen molar-refractivity contribution < 1.29 is 19.4 Å². The highest BCUT2D eigenvalue weighted by molar-refractivity contribution is 9.10. The first-order chi connectivity index (χ1) is 12.0. The Labute approximate surface area is 153 Å². The fourth-order valence-electron chi connectivity index (χ4n) is 2.28. The minimum atomic E-state index is -1.03. The minimum absolute atomic E-state index is 0.447. The van der Waals surface area contributed by atoms with Crippen molar-refractivity contribution in [2.45, 2.75) is 6.04 Å². The summed E-state index contributed by atoms with van der Waals surface area (Å²) >= 11 is 3.40. The van der Waals surface area contributed by atoms with Gasteiger partial charge in [-0.05, 0) is 29.8 Å².